The number of aryl methyl sites for hydroxylation is 1. The maximum Gasteiger partial charge on any atom is 0.243 e. The first kappa shape index (κ1) is 42.9. The molecule has 2 amide bonds. The molecule has 1 fully saturated rings. The molecule has 4 atom stereocenters. The van der Waals surface area contributed by atoms with E-state index in [1.54, 1.807) is 25.5 Å². The lowest BCUT2D eigenvalue weighted by Crippen LogP contribution is -2.58. The van der Waals surface area contributed by atoms with Gasteiger partial charge in [0.2, 0.25) is 11.8 Å². The number of ether oxygens (including phenoxy) is 1. The number of hydrogen-bond donors (Lipinski definition) is 6. The van der Waals surface area contributed by atoms with Gasteiger partial charge in [0.05, 0.1) is 25.2 Å². The molecule has 0 saturated heterocycles. The Hall–Kier alpha value is -4.48. The number of phenols is 1. The van der Waals surface area contributed by atoms with E-state index in [0.717, 1.165) is 42.4 Å². The Bertz CT molecular complexity index is 1650. The number of benzene rings is 3. The first-order valence-electron chi connectivity index (χ1n) is 18.4. The Morgan fingerprint density at radius 3 is 1.98 bits per heavy atom. The van der Waals surface area contributed by atoms with E-state index in [4.69, 9.17) is 27.7 Å². The lowest BCUT2D eigenvalue weighted by Gasteiger charge is -2.34. The number of methoxy groups -OCH3 is 1. The average Bonchev–Trinajstić information content (AvgIpc) is 3.12. The van der Waals surface area contributed by atoms with Crippen molar-refractivity contribution in [2.75, 3.05) is 7.11 Å². The van der Waals surface area contributed by atoms with Crippen LogP contribution in [0.2, 0.25) is 0 Å². The van der Waals surface area contributed by atoms with Crippen molar-refractivity contribution in [3.63, 3.8) is 0 Å². The Balaban J connectivity index is 0.000000395. The zero-order valence-corrected chi connectivity index (χ0v) is 33.5. The van der Waals surface area contributed by atoms with Crippen LogP contribution in [0.5, 0.6) is 11.5 Å². The first-order valence-corrected chi connectivity index (χ1v) is 18.8. The van der Waals surface area contributed by atoms with Crippen molar-refractivity contribution in [1.29, 1.82) is 0 Å². The molecule has 4 rings (SSSR count). The summed E-state index contributed by atoms with van der Waals surface area (Å²) in [6, 6.07) is 22.3. The highest BCUT2D eigenvalue weighted by atomic mass is 32.1. The van der Waals surface area contributed by atoms with Gasteiger partial charge in [-0.3, -0.25) is 14.6 Å². The average molecular weight is 745 g/mol. The van der Waals surface area contributed by atoms with E-state index in [1.807, 2.05) is 109 Å². The minimum absolute atomic E-state index is 0.000555. The third-order valence-electron chi connectivity index (χ3n) is 9.23. The van der Waals surface area contributed by atoms with Crippen molar-refractivity contribution in [1.82, 2.24) is 21.3 Å². The zero-order chi connectivity index (χ0) is 39.2. The number of nitrogens with zero attached hydrogens (tertiary/aromatic N) is 1. The number of carbonyl (C=O) groups is 2. The van der Waals surface area contributed by atoms with E-state index >= 15 is 0 Å². The van der Waals surface area contributed by atoms with Gasteiger partial charge in [0.1, 0.15) is 17.5 Å². The fourth-order valence-corrected chi connectivity index (χ4v) is 6.08. The molecule has 0 heterocycles. The highest BCUT2D eigenvalue weighted by molar-refractivity contribution is 7.80. The van der Waals surface area contributed by atoms with Gasteiger partial charge in [0, 0.05) is 24.9 Å². The van der Waals surface area contributed by atoms with Gasteiger partial charge < -0.3 is 36.8 Å². The van der Waals surface area contributed by atoms with Crippen molar-refractivity contribution >= 4 is 35.4 Å². The molecule has 0 bridgehead atoms. The van der Waals surface area contributed by atoms with E-state index in [2.05, 4.69) is 21.3 Å². The summed E-state index contributed by atoms with van der Waals surface area (Å²) >= 11 is 5.67. The highest BCUT2D eigenvalue weighted by Crippen LogP contribution is 2.28. The van der Waals surface area contributed by atoms with Crippen LogP contribution in [-0.2, 0) is 22.7 Å². The van der Waals surface area contributed by atoms with Crippen LogP contribution in [0.1, 0.15) is 89.5 Å². The molecule has 2 unspecified atom stereocenters. The summed E-state index contributed by atoms with van der Waals surface area (Å²) in [6.07, 6.45) is 5.72. The number of aliphatic imine (C=N–C) groups is 1. The van der Waals surface area contributed by atoms with E-state index in [-0.39, 0.29) is 40.5 Å². The monoisotopic (exact) mass is 744 g/mol. The summed E-state index contributed by atoms with van der Waals surface area (Å²) in [7, 11) is 1.61. The first-order chi connectivity index (χ1) is 25.0. The van der Waals surface area contributed by atoms with Gasteiger partial charge in [-0.1, -0.05) is 115 Å². The van der Waals surface area contributed by atoms with Crippen LogP contribution in [-0.4, -0.2) is 59.5 Å². The minimum Gasteiger partial charge on any atom is -0.507 e. The van der Waals surface area contributed by atoms with Crippen molar-refractivity contribution in [2.45, 2.75) is 111 Å². The van der Waals surface area contributed by atoms with Crippen molar-refractivity contribution in [2.24, 2.45) is 21.6 Å². The molecule has 11 heteroatoms. The maximum atomic E-state index is 13.1. The smallest absolute Gasteiger partial charge is 0.243 e. The number of hydrogen-bond acceptors (Lipinski definition) is 7. The molecule has 53 heavy (non-hydrogen) atoms. The second-order valence-electron chi connectivity index (χ2n) is 15.8. The van der Waals surface area contributed by atoms with Gasteiger partial charge in [-0.2, -0.15) is 0 Å². The lowest BCUT2D eigenvalue weighted by atomic mass is 9.86. The Morgan fingerprint density at radius 1 is 0.906 bits per heavy atom. The molecule has 10 nitrogen and oxygen atoms in total. The van der Waals surface area contributed by atoms with E-state index in [1.165, 1.54) is 0 Å². The molecule has 1 saturated carbocycles. The number of nitrogens with two attached hydrogens (primary N) is 1. The summed E-state index contributed by atoms with van der Waals surface area (Å²) in [4.78, 5) is 29.7. The predicted molar refractivity (Wildman–Crippen MR) is 219 cm³/mol. The van der Waals surface area contributed by atoms with Gasteiger partial charge >= 0.3 is 0 Å². The molecule has 0 spiro atoms. The molecule has 3 aromatic rings. The van der Waals surface area contributed by atoms with Crippen molar-refractivity contribution in [3.05, 3.63) is 95.1 Å². The highest BCUT2D eigenvalue weighted by Gasteiger charge is 2.33. The third kappa shape index (κ3) is 14.1. The van der Waals surface area contributed by atoms with Crippen LogP contribution in [0, 0.1) is 17.8 Å². The van der Waals surface area contributed by atoms with Crippen molar-refractivity contribution < 1.29 is 19.4 Å². The standard InChI is InChI=1S/C29H40N4O3S.C13H20N2O/c1-19-15-22(36-5)16-21(25(19)34)18-30-23-13-9-10-14-24(23)32-28(37)33-26(29(2,3)4)27(35)31-17-20-11-7-6-8-12-20;1-13(2,3)11(14)12(16)15-9-10-7-5-4-6-8-10/h6-8,11-12,15-16,18,23-24,26,34H,9-10,13-14,17H2,1-5H3,(H,31,35)(H2,32,33,37);4-8,11H,9,14H2,1-3H3,(H,15,16)/t23?,24?,26-;11-/m11/s1. The fraction of sp³-hybridized carbons (Fsp3) is 0.476. The molecule has 7 N–H and O–H groups in total. The van der Waals surface area contributed by atoms with Crippen LogP contribution in [0.3, 0.4) is 0 Å². The van der Waals surface area contributed by atoms with Crippen LogP contribution in [0.25, 0.3) is 0 Å². The number of nitrogens with one attached hydrogen (secondary N) is 4. The van der Waals surface area contributed by atoms with Crippen LogP contribution in [0.15, 0.2) is 77.8 Å². The van der Waals surface area contributed by atoms with Gasteiger partial charge in [0.15, 0.2) is 5.11 Å². The summed E-state index contributed by atoms with van der Waals surface area (Å²) in [6.45, 7) is 14.8. The lowest BCUT2D eigenvalue weighted by molar-refractivity contribution is -0.125. The molecule has 1 aliphatic rings. The topological polar surface area (TPSA) is 150 Å². The van der Waals surface area contributed by atoms with Crippen molar-refractivity contribution in [3.8, 4) is 11.5 Å². The summed E-state index contributed by atoms with van der Waals surface area (Å²) in [5, 5.41) is 23.5. The number of thiocarbonyl (C=S) groups is 1. The van der Waals surface area contributed by atoms with E-state index < -0.39 is 12.1 Å². The molecule has 0 aliphatic heterocycles. The molecule has 1 aliphatic carbocycles. The van der Waals surface area contributed by atoms with E-state index in [9.17, 15) is 14.7 Å². The Kier molecular flexibility index (Phi) is 16.3. The van der Waals surface area contributed by atoms with Crippen LogP contribution < -0.4 is 31.7 Å². The quantitative estimate of drug-likeness (QED) is 0.0989. The normalized spacial score (nSPS) is 17.1. The van der Waals surface area contributed by atoms with Gasteiger partial charge in [0.25, 0.3) is 0 Å². The minimum atomic E-state index is -0.501. The summed E-state index contributed by atoms with van der Waals surface area (Å²) in [5.74, 6) is 0.690. The molecule has 3 aromatic carbocycles. The second kappa shape index (κ2) is 20.1. The SMILES string of the molecule is CC(C)(C)[C@H](N)C(=O)NCc1ccccc1.COc1cc(C)c(O)c(C=NC2CCCCC2NC(=S)N[C@H](C(=O)NCc2ccccc2)C(C)(C)C)c1. The number of rotatable bonds is 11. The zero-order valence-electron chi connectivity index (χ0n) is 32.7. The largest absolute Gasteiger partial charge is 0.507 e. The molecule has 288 valence electrons. The Labute approximate surface area is 321 Å². The molecule has 0 aromatic heterocycles. The second-order valence-corrected chi connectivity index (χ2v) is 16.2. The van der Waals surface area contributed by atoms with E-state index in [0.29, 0.717) is 29.5 Å². The Morgan fingerprint density at radius 2 is 1.45 bits per heavy atom. The fourth-order valence-electron chi connectivity index (χ4n) is 5.81. The summed E-state index contributed by atoms with van der Waals surface area (Å²) < 4.78 is 5.34. The summed E-state index contributed by atoms with van der Waals surface area (Å²) in [5.41, 5.74) is 8.78. The van der Waals surface area contributed by atoms with Gasteiger partial charge in [-0.25, -0.2) is 0 Å². The number of amides is 2. The predicted octanol–water partition coefficient (Wildman–Crippen LogP) is 6.31. The maximum absolute atomic E-state index is 13.1. The van der Waals surface area contributed by atoms with Gasteiger partial charge in [-0.15, -0.1) is 0 Å². The number of aromatic hydroxyl groups is 1. The molecule has 0 radical (unpaired) electrons. The third-order valence-corrected chi connectivity index (χ3v) is 9.46. The number of carbonyl (C=O) groups excluding carboxylic acids is 2. The van der Waals surface area contributed by atoms with Crippen LogP contribution in [0.4, 0.5) is 0 Å². The molecular weight excluding hydrogens is 685 g/mol. The molecular formula is C42H60N6O4S. The van der Waals surface area contributed by atoms with Gasteiger partial charge in [-0.05, 0) is 71.6 Å². The van der Waals surface area contributed by atoms with Crippen LogP contribution >= 0.6 is 12.2 Å². The number of phenolic OH excluding ortho intramolecular Hbond substituents is 1.